The summed E-state index contributed by atoms with van der Waals surface area (Å²) in [5.74, 6) is -0.529. The van der Waals surface area contributed by atoms with Crippen molar-refractivity contribution < 1.29 is 23.8 Å². The molecule has 3 rings (SSSR count). The molecule has 22 heavy (non-hydrogen) atoms. The van der Waals surface area contributed by atoms with Gasteiger partial charge >= 0.3 is 5.97 Å². The smallest absolute Gasteiger partial charge is 0.341 e. The van der Waals surface area contributed by atoms with Gasteiger partial charge in [-0.2, -0.15) is 0 Å². The highest BCUT2D eigenvalue weighted by Crippen LogP contribution is 2.29. The van der Waals surface area contributed by atoms with Gasteiger partial charge in [-0.05, 0) is 24.6 Å². The predicted octanol–water partition coefficient (Wildman–Crippen LogP) is 1.89. The van der Waals surface area contributed by atoms with Crippen LogP contribution < -0.4 is 5.43 Å². The Kier molecular flexibility index (Phi) is 3.36. The first-order chi connectivity index (χ1) is 10.5. The van der Waals surface area contributed by atoms with Gasteiger partial charge in [0.15, 0.2) is 0 Å². The summed E-state index contributed by atoms with van der Waals surface area (Å²) in [5.41, 5.74) is 0.645. The summed E-state index contributed by atoms with van der Waals surface area (Å²) in [6, 6.07) is 3.14. The summed E-state index contributed by atoms with van der Waals surface area (Å²) in [4.78, 5) is 24.7. The van der Waals surface area contributed by atoms with Crippen LogP contribution in [-0.4, -0.2) is 24.8 Å². The molecular weight excluding hydrogens is 288 g/mol. The molecule has 2 heterocycles. The first-order valence-corrected chi connectivity index (χ1v) is 6.72. The first-order valence-electron chi connectivity index (χ1n) is 6.72. The summed E-state index contributed by atoms with van der Waals surface area (Å²) < 4.78 is 15.7. The van der Waals surface area contributed by atoms with E-state index in [1.807, 2.05) is 0 Å². The molecule has 0 amide bonds. The molecular formula is C16H14O6. The Labute approximate surface area is 125 Å². The van der Waals surface area contributed by atoms with Crippen LogP contribution in [0.25, 0.3) is 16.5 Å². The molecule has 1 aromatic heterocycles. The molecule has 0 spiro atoms. The monoisotopic (exact) mass is 302 g/mol. The van der Waals surface area contributed by atoms with E-state index < -0.39 is 11.4 Å². The number of rotatable bonds is 1. The standard InChI is InChI=1S/C16H14O6/c1-8-5-10(17)14-12(6-8)22-11-3-4-21-7-9(16(19)20-2)13(11)15(14)18/h5-7,17H,3-4H2,1-2H3. The van der Waals surface area contributed by atoms with E-state index in [1.54, 1.807) is 13.0 Å². The number of aromatic hydroxyl groups is 1. The van der Waals surface area contributed by atoms with Gasteiger partial charge in [-0.3, -0.25) is 4.79 Å². The van der Waals surface area contributed by atoms with Crippen LogP contribution in [0.15, 0.2) is 27.6 Å². The van der Waals surface area contributed by atoms with Crippen molar-refractivity contribution in [3.63, 3.8) is 0 Å². The lowest BCUT2D eigenvalue weighted by Gasteiger charge is -2.09. The van der Waals surface area contributed by atoms with E-state index in [4.69, 9.17) is 9.15 Å². The number of hydrogen-bond donors (Lipinski definition) is 1. The van der Waals surface area contributed by atoms with Gasteiger partial charge in [-0.15, -0.1) is 0 Å². The first kappa shape index (κ1) is 14.2. The molecule has 2 aromatic rings. The Hall–Kier alpha value is -2.76. The largest absolute Gasteiger partial charge is 0.507 e. The molecule has 0 aliphatic carbocycles. The van der Waals surface area contributed by atoms with E-state index in [0.29, 0.717) is 12.2 Å². The van der Waals surface area contributed by atoms with E-state index in [2.05, 4.69) is 4.74 Å². The zero-order valence-corrected chi connectivity index (χ0v) is 12.1. The van der Waals surface area contributed by atoms with Crippen LogP contribution in [-0.2, 0) is 20.7 Å². The fourth-order valence-corrected chi connectivity index (χ4v) is 2.54. The number of hydrogen-bond acceptors (Lipinski definition) is 6. The van der Waals surface area contributed by atoms with E-state index in [9.17, 15) is 14.7 Å². The highest BCUT2D eigenvalue weighted by atomic mass is 16.5. The lowest BCUT2D eigenvalue weighted by molar-refractivity contribution is -0.133. The van der Waals surface area contributed by atoms with Crippen molar-refractivity contribution in [1.29, 1.82) is 0 Å². The molecule has 0 atom stereocenters. The molecule has 6 heteroatoms. The third-order valence-electron chi connectivity index (χ3n) is 3.51. The molecule has 1 aliphatic rings. The Balaban J connectivity index is 2.40. The maximum Gasteiger partial charge on any atom is 0.341 e. The second-order valence-electron chi connectivity index (χ2n) is 5.03. The van der Waals surface area contributed by atoms with Gasteiger partial charge in [0, 0.05) is 6.42 Å². The number of methoxy groups -OCH3 is 1. The SMILES string of the molecule is COC(=O)C1=COCCc2oc3cc(C)cc(O)c3c(=O)c21. The van der Waals surface area contributed by atoms with Gasteiger partial charge in [0.25, 0.3) is 0 Å². The molecule has 1 aromatic carbocycles. The Morgan fingerprint density at radius 1 is 1.36 bits per heavy atom. The number of carbonyl (C=O) groups is 1. The molecule has 114 valence electrons. The van der Waals surface area contributed by atoms with Gasteiger partial charge < -0.3 is 19.0 Å². The van der Waals surface area contributed by atoms with Crippen LogP contribution in [0.3, 0.4) is 0 Å². The van der Waals surface area contributed by atoms with Gasteiger partial charge in [0.05, 0.1) is 25.5 Å². The molecule has 0 unspecified atom stereocenters. The van der Waals surface area contributed by atoms with E-state index in [0.717, 1.165) is 5.56 Å². The molecule has 1 aliphatic heterocycles. The fraction of sp³-hybridized carbons (Fsp3) is 0.250. The van der Waals surface area contributed by atoms with E-state index >= 15 is 0 Å². The Morgan fingerprint density at radius 3 is 2.86 bits per heavy atom. The van der Waals surface area contributed by atoms with Crippen LogP contribution in [0.2, 0.25) is 0 Å². The summed E-state index contributed by atoms with van der Waals surface area (Å²) in [5, 5.41) is 10.1. The van der Waals surface area contributed by atoms with Crippen molar-refractivity contribution in [2.45, 2.75) is 13.3 Å². The molecule has 1 N–H and O–H groups in total. The summed E-state index contributed by atoms with van der Waals surface area (Å²) in [7, 11) is 1.22. The summed E-state index contributed by atoms with van der Waals surface area (Å²) in [6.07, 6.45) is 1.54. The number of phenolic OH excluding ortho intramolecular Hbond substituents is 1. The van der Waals surface area contributed by atoms with Crippen molar-refractivity contribution in [2.24, 2.45) is 0 Å². The number of phenols is 1. The number of carbonyl (C=O) groups excluding carboxylic acids is 1. The molecule has 0 radical (unpaired) electrons. The highest BCUT2D eigenvalue weighted by Gasteiger charge is 2.26. The van der Waals surface area contributed by atoms with Crippen LogP contribution in [0.1, 0.15) is 16.9 Å². The second kappa shape index (κ2) is 5.22. The third kappa shape index (κ3) is 2.13. The number of benzene rings is 1. The predicted molar refractivity (Wildman–Crippen MR) is 78.5 cm³/mol. The lowest BCUT2D eigenvalue weighted by atomic mass is 10.0. The van der Waals surface area contributed by atoms with Crippen molar-refractivity contribution >= 4 is 22.5 Å². The van der Waals surface area contributed by atoms with E-state index in [1.165, 1.54) is 19.4 Å². The summed E-state index contributed by atoms with van der Waals surface area (Å²) >= 11 is 0. The average molecular weight is 302 g/mol. The number of ether oxygens (including phenoxy) is 2. The van der Waals surface area contributed by atoms with Crippen LogP contribution in [0.4, 0.5) is 0 Å². The quantitative estimate of drug-likeness (QED) is 0.810. The molecule has 0 saturated carbocycles. The topological polar surface area (TPSA) is 86.0 Å². The minimum absolute atomic E-state index is 0.00868. The minimum atomic E-state index is -0.693. The molecule has 0 bridgehead atoms. The Morgan fingerprint density at radius 2 is 2.14 bits per heavy atom. The molecule has 0 fully saturated rings. The third-order valence-corrected chi connectivity index (χ3v) is 3.51. The minimum Gasteiger partial charge on any atom is -0.507 e. The van der Waals surface area contributed by atoms with E-state index in [-0.39, 0.29) is 34.5 Å². The molecule has 6 nitrogen and oxygen atoms in total. The van der Waals surface area contributed by atoms with Crippen molar-refractivity contribution in [2.75, 3.05) is 13.7 Å². The maximum atomic E-state index is 12.8. The van der Waals surface area contributed by atoms with Gasteiger partial charge in [0.2, 0.25) is 5.43 Å². The number of aryl methyl sites for hydroxylation is 1. The highest BCUT2D eigenvalue weighted by molar-refractivity contribution is 6.17. The second-order valence-corrected chi connectivity index (χ2v) is 5.03. The van der Waals surface area contributed by atoms with Crippen molar-refractivity contribution in [1.82, 2.24) is 0 Å². The number of fused-ring (bicyclic) bond motifs is 2. The maximum absolute atomic E-state index is 12.8. The van der Waals surface area contributed by atoms with Crippen LogP contribution >= 0.6 is 0 Å². The van der Waals surface area contributed by atoms with Gasteiger partial charge in [0.1, 0.15) is 28.1 Å². The Bertz CT molecular complexity index is 859. The normalized spacial score (nSPS) is 13.8. The zero-order valence-electron chi connectivity index (χ0n) is 12.1. The van der Waals surface area contributed by atoms with Crippen molar-refractivity contribution in [3.8, 4) is 5.75 Å². The van der Waals surface area contributed by atoms with Crippen LogP contribution in [0.5, 0.6) is 5.75 Å². The molecule has 0 saturated heterocycles. The lowest BCUT2D eigenvalue weighted by Crippen LogP contribution is -2.17. The number of esters is 1. The summed E-state index contributed by atoms with van der Waals surface area (Å²) in [6.45, 7) is 2.06. The van der Waals surface area contributed by atoms with Crippen LogP contribution in [0, 0.1) is 6.92 Å². The average Bonchev–Trinajstić information content (AvgIpc) is 2.68. The van der Waals surface area contributed by atoms with Gasteiger partial charge in [-0.1, -0.05) is 0 Å². The van der Waals surface area contributed by atoms with Crippen molar-refractivity contribution in [3.05, 3.63) is 45.5 Å². The zero-order chi connectivity index (χ0) is 15.9. The fourth-order valence-electron chi connectivity index (χ4n) is 2.54. The van der Waals surface area contributed by atoms with Gasteiger partial charge in [-0.25, -0.2) is 4.79 Å².